The van der Waals surface area contributed by atoms with Gasteiger partial charge in [0.2, 0.25) is 0 Å². The van der Waals surface area contributed by atoms with Crippen LogP contribution in [0.1, 0.15) is 64.1 Å². The summed E-state index contributed by atoms with van der Waals surface area (Å²) in [5.74, 6) is 0.631. The average Bonchev–Trinajstić information content (AvgIpc) is 2.91. The van der Waals surface area contributed by atoms with Crippen molar-refractivity contribution >= 4 is 11.6 Å². The van der Waals surface area contributed by atoms with Crippen molar-refractivity contribution in [3.8, 4) is 0 Å². The molecule has 1 heterocycles. The lowest BCUT2D eigenvalue weighted by Crippen LogP contribution is -2.31. The van der Waals surface area contributed by atoms with Crippen LogP contribution < -0.4 is 5.32 Å². The van der Waals surface area contributed by atoms with Gasteiger partial charge in [-0.1, -0.05) is 26.7 Å². The van der Waals surface area contributed by atoms with Gasteiger partial charge in [0.25, 0.3) is 0 Å². The molecule has 1 N–H and O–H groups in total. The zero-order chi connectivity index (χ0) is 14.4. The standard InChI is InChI=1S/C16H28ClN3/c1-3-15(4-2)20-10-9-14(19-20)12-18-11-13-7-5-6-8-16(13)17/h9-10,13,15-16,18H,3-8,11-12H2,1-2H3. The largest absolute Gasteiger partial charge is 0.311 e. The molecule has 0 amide bonds. The Kier molecular flexibility index (Phi) is 6.37. The van der Waals surface area contributed by atoms with Gasteiger partial charge in [0.15, 0.2) is 0 Å². The van der Waals surface area contributed by atoms with Gasteiger partial charge >= 0.3 is 0 Å². The van der Waals surface area contributed by atoms with Gasteiger partial charge < -0.3 is 5.32 Å². The highest BCUT2D eigenvalue weighted by molar-refractivity contribution is 6.20. The van der Waals surface area contributed by atoms with E-state index in [4.69, 9.17) is 11.6 Å². The first-order chi connectivity index (χ1) is 9.74. The summed E-state index contributed by atoms with van der Waals surface area (Å²) in [5.41, 5.74) is 1.14. The van der Waals surface area contributed by atoms with Crippen molar-refractivity contribution in [1.29, 1.82) is 0 Å². The monoisotopic (exact) mass is 297 g/mol. The molecule has 1 saturated carbocycles. The van der Waals surface area contributed by atoms with Crippen molar-refractivity contribution in [1.82, 2.24) is 15.1 Å². The number of nitrogens with zero attached hydrogens (tertiary/aromatic N) is 2. The molecule has 1 aromatic rings. The van der Waals surface area contributed by atoms with Gasteiger partial charge in [-0.3, -0.25) is 4.68 Å². The number of aromatic nitrogens is 2. The SMILES string of the molecule is CCC(CC)n1ccc(CNCC2CCCCC2Cl)n1. The van der Waals surface area contributed by atoms with E-state index in [2.05, 4.69) is 41.2 Å². The van der Waals surface area contributed by atoms with Gasteiger partial charge in [0, 0.05) is 18.1 Å². The molecule has 1 fully saturated rings. The van der Waals surface area contributed by atoms with Crippen molar-refractivity contribution < 1.29 is 0 Å². The lowest BCUT2D eigenvalue weighted by molar-refractivity contribution is 0.347. The van der Waals surface area contributed by atoms with E-state index in [0.717, 1.165) is 31.6 Å². The predicted octanol–water partition coefficient (Wildman–Crippen LogP) is 4.13. The molecule has 0 bridgehead atoms. The third kappa shape index (κ3) is 4.23. The fraction of sp³-hybridized carbons (Fsp3) is 0.812. The molecule has 0 aliphatic heterocycles. The van der Waals surface area contributed by atoms with Gasteiger partial charge in [-0.25, -0.2) is 0 Å². The molecule has 2 unspecified atom stereocenters. The fourth-order valence-corrected chi connectivity index (χ4v) is 3.49. The molecule has 4 heteroatoms. The Morgan fingerprint density at radius 2 is 2.10 bits per heavy atom. The van der Waals surface area contributed by atoms with Crippen LogP contribution in [0.3, 0.4) is 0 Å². The highest BCUT2D eigenvalue weighted by atomic mass is 35.5. The predicted molar refractivity (Wildman–Crippen MR) is 85.2 cm³/mol. The van der Waals surface area contributed by atoms with E-state index in [1.807, 2.05) is 0 Å². The average molecular weight is 298 g/mol. The van der Waals surface area contributed by atoms with E-state index < -0.39 is 0 Å². The lowest BCUT2D eigenvalue weighted by atomic mass is 9.89. The first-order valence-corrected chi connectivity index (χ1v) is 8.57. The first kappa shape index (κ1) is 15.8. The maximum atomic E-state index is 6.39. The van der Waals surface area contributed by atoms with Crippen LogP contribution in [0.15, 0.2) is 12.3 Å². The summed E-state index contributed by atoms with van der Waals surface area (Å²) in [7, 11) is 0. The molecule has 3 nitrogen and oxygen atoms in total. The molecule has 2 atom stereocenters. The molecule has 1 aromatic heterocycles. The van der Waals surface area contributed by atoms with Gasteiger partial charge in [-0.15, -0.1) is 11.6 Å². The molecule has 2 rings (SSSR count). The third-order valence-corrected chi connectivity index (χ3v) is 5.08. The quantitative estimate of drug-likeness (QED) is 0.767. The zero-order valence-electron chi connectivity index (χ0n) is 12.8. The molecule has 0 radical (unpaired) electrons. The van der Waals surface area contributed by atoms with Crippen LogP contribution in [0.5, 0.6) is 0 Å². The molecular formula is C16H28ClN3. The molecular weight excluding hydrogens is 270 g/mol. The van der Waals surface area contributed by atoms with E-state index in [-0.39, 0.29) is 0 Å². The topological polar surface area (TPSA) is 29.9 Å². The van der Waals surface area contributed by atoms with Crippen molar-refractivity contribution in [2.45, 2.75) is 70.3 Å². The van der Waals surface area contributed by atoms with Crippen molar-refractivity contribution in [2.75, 3.05) is 6.54 Å². The highest BCUT2D eigenvalue weighted by Gasteiger charge is 2.22. The van der Waals surface area contributed by atoms with Crippen LogP contribution in [0, 0.1) is 5.92 Å². The Morgan fingerprint density at radius 3 is 2.80 bits per heavy atom. The van der Waals surface area contributed by atoms with E-state index in [9.17, 15) is 0 Å². The van der Waals surface area contributed by atoms with Crippen LogP contribution in [0.25, 0.3) is 0 Å². The van der Waals surface area contributed by atoms with Crippen LogP contribution in [0.2, 0.25) is 0 Å². The minimum atomic E-state index is 0.360. The van der Waals surface area contributed by atoms with E-state index in [1.54, 1.807) is 0 Å². The molecule has 0 saturated heterocycles. The summed E-state index contributed by atoms with van der Waals surface area (Å²) in [5, 5.41) is 8.56. The van der Waals surface area contributed by atoms with Crippen molar-refractivity contribution in [3.05, 3.63) is 18.0 Å². The Morgan fingerprint density at radius 1 is 1.35 bits per heavy atom. The van der Waals surface area contributed by atoms with Crippen LogP contribution in [-0.2, 0) is 6.54 Å². The van der Waals surface area contributed by atoms with Gasteiger partial charge in [-0.2, -0.15) is 5.10 Å². The summed E-state index contributed by atoms with van der Waals surface area (Å²) < 4.78 is 2.11. The number of alkyl halides is 1. The summed E-state index contributed by atoms with van der Waals surface area (Å²) >= 11 is 6.39. The molecule has 114 valence electrons. The lowest BCUT2D eigenvalue weighted by Gasteiger charge is -2.27. The second kappa shape index (κ2) is 8.04. The number of rotatable bonds is 7. The Bertz CT molecular complexity index is 387. The first-order valence-electron chi connectivity index (χ1n) is 8.13. The van der Waals surface area contributed by atoms with Crippen molar-refractivity contribution in [2.24, 2.45) is 5.92 Å². The summed E-state index contributed by atoms with van der Waals surface area (Å²) in [6.07, 6.45) is 9.46. The normalized spacial score (nSPS) is 23.4. The summed E-state index contributed by atoms with van der Waals surface area (Å²) in [4.78, 5) is 0. The summed E-state index contributed by atoms with van der Waals surface area (Å²) in [6.45, 7) is 6.31. The zero-order valence-corrected chi connectivity index (χ0v) is 13.6. The molecule has 1 aliphatic carbocycles. The fourth-order valence-electron chi connectivity index (χ4n) is 3.12. The molecule has 0 aromatic carbocycles. The van der Waals surface area contributed by atoms with Crippen LogP contribution in [0.4, 0.5) is 0 Å². The summed E-state index contributed by atoms with van der Waals surface area (Å²) in [6, 6.07) is 2.67. The van der Waals surface area contributed by atoms with Gasteiger partial charge in [-0.05, 0) is 44.2 Å². The third-order valence-electron chi connectivity index (χ3n) is 4.51. The van der Waals surface area contributed by atoms with E-state index in [0.29, 0.717) is 17.3 Å². The van der Waals surface area contributed by atoms with E-state index >= 15 is 0 Å². The van der Waals surface area contributed by atoms with Crippen LogP contribution >= 0.6 is 11.6 Å². The molecule has 0 spiro atoms. The molecule has 1 aliphatic rings. The Labute approximate surface area is 128 Å². The second-order valence-electron chi connectivity index (χ2n) is 5.95. The van der Waals surface area contributed by atoms with Crippen molar-refractivity contribution in [3.63, 3.8) is 0 Å². The number of halogens is 1. The van der Waals surface area contributed by atoms with Gasteiger partial charge in [0.1, 0.15) is 0 Å². The number of hydrogen-bond donors (Lipinski definition) is 1. The van der Waals surface area contributed by atoms with E-state index in [1.165, 1.54) is 25.7 Å². The maximum Gasteiger partial charge on any atom is 0.0762 e. The minimum Gasteiger partial charge on any atom is -0.311 e. The smallest absolute Gasteiger partial charge is 0.0762 e. The molecule has 20 heavy (non-hydrogen) atoms. The second-order valence-corrected chi connectivity index (χ2v) is 6.51. The highest BCUT2D eigenvalue weighted by Crippen LogP contribution is 2.28. The Balaban J connectivity index is 1.76. The number of hydrogen-bond acceptors (Lipinski definition) is 2. The number of nitrogens with one attached hydrogen (secondary N) is 1. The minimum absolute atomic E-state index is 0.360. The van der Waals surface area contributed by atoms with Gasteiger partial charge in [0.05, 0.1) is 11.7 Å². The van der Waals surface area contributed by atoms with Crippen LogP contribution in [-0.4, -0.2) is 21.7 Å². The maximum absolute atomic E-state index is 6.39. The Hall–Kier alpha value is -0.540.